The maximum atomic E-state index is 13.6. The lowest BCUT2D eigenvalue weighted by Gasteiger charge is -2.24. The molecule has 0 N–H and O–H groups in total. The van der Waals surface area contributed by atoms with Gasteiger partial charge in [-0.3, -0.25) is 9.36 Å². The average molecular weight is 590 g/mol. The van der Waals surface area contributed by atoms with Crippen LogP contribution in [0, 0.1) is 13.8 Å². The van der Waals surface area contributed by atoms with Crippen molar-refractivity contribution in [3.63, 3.8) is 0 Å². The molecule has 170 valence electrons. The average Bonchev–Trinajstić information content (AvgIpc) is 3.06. The quantitative estimate of drug-likeness (QED) is 0.405. The number of carbonyl (C=O) groups is 1. The molecule has 0 amide bonds. The highest BCUT2D eigenvalue weighted by Crippen LogP contribution is 2.31. The molecule has 1 atom stereocenters. The predicted octanol–water partition coefficient (Wildman–Crippen LogP) is 4.94. The fraction of sp³-hybridized carbons (Fsp3) is 0.240. The largest absolute Gasteiger partial charge is 0.463 e. The molecule has 1 aliphatic heterocycles. The summed E-state index contributed by atoms with van der Waals surface area (Å²) in [4.78, 5) is 31.7. The van der Waals surface area contributed by atoms with Crippen LogP contribution in [0.2, 0.25) is 0 Å². The maximum Gasteiger partial charge on any atom is 0.338 e. The first-order valence-corrected chi connectivity index (χ1v) is 12.8. The Bertz CT molecular complexity index is 1440. The van der Waals surface area contributed by atoms with Gasteiger partial charge in [-0.05, 0) is 62.6 Å². The first kappa shape index (κ1) is 23.9. The van der Waals surface area contributed by atoms with E-state index in [0.29, 0.717) is 20.6 Å². The Balaban J connectivity index is 1.96. The number of aromatic nitrogens is 1. The van der Waals surface area contributed by atoms with Crippen molar-refractivity contribution in [1.29, 1.82) is 0 Å². The second-order valence-electron chi connectivity index (χ2n) is 7.82. The number of allylic oxidation sites excluding steroid dienone is 1. The van der Waals surface area contributed by atoms with E-state index in [-0.39, 0.29) is 12.2 Å². The summed E-state index contributed by atoms with van der Waals surface area (Å²) in [5.74, 6) is -0.454. The number of esters is 1. The summed E-state index contributed by atoms with van der Waals surface area (Å²) >= 11 is 8.46. The van der Waals surface area contributed by atoms with Gasteiger partial charge in [-0.15, -0.1) is 0 Å². The Morgan fingerprint density at radius 3 is 2.39 bits per heavy atom. The summed E-state index contributed by atoms with van der Waals surface area (Å²) in [5.41, 5.74) is 4.67. The second kappa shape index (κ2) is 9.52. The minimum absolute atomic E-state index is 0.188. The van der Waals surface area contributed by atoms with Crippen molar-refractivity contribution in [2.75, 3.05) is 6.61 Å². The van der Waals surface area contributed by atoms with Crippen LogP contribution in [-0.4, -0.2) is 17.1 Å². The molecule has 0 radical (unpaired) electrons. The van der Waals surface area contributed by atoms with E-state index in [1.165, 1.54) is 11.3 Å². The molecule has 8 heteroatoms. The number of rotatable bonds is 4. The zero-order valence-electron chi connectivity index (χ0n) is 18.6. The highest BCUT2D eigenvalue weighted by molar-refractivity contribution is 9.11. The second-order valence-corrected chi connectivity index (χ2v) is 10.5. The van der Waals surface area contributed by atoms with Crippen molar-refractivity contribution in [2.45, 2.75) is 33.7 Å². The van der Waals surface area contributed by atoms with Crippen LogP contribution in [0.5, 0.6) is 0 Å². The minimum atomic E-state index is -0.598. The number of carbonyl (C=O) groups excluding carboxylic acids is 1. The van der Waals surface area contributed by atoms with Crippen molar-refractivity contribution in [1.82, 2.24) is 4.57 Å². The molecular weight excluding hydrogens is 568 g/mol. The molecule has 0 saturated carbocycles. The normalized spacial score (nSPS) is 15.9. The van der Waals surface area contributed by atoms with Gasteiger partial charge in [0.2, 0.25) is 0 Å². The molecule has 0 aliphatic carbocycles. The van der Waals surface area contributed by atoms with Crippen molar-refractivity contribution in [3.05, 3.63) is 98.6 Å². The molecule has 1 aliphatic rings. The van der Waals surface area contributed by atoms with Gasteiger partial charge in [0.1, 0.15) is 0 Å². The fourth-order valence-corrected chi connectivity index (χ4v) is 6.02. The molecule has 0 bridgehead atoms. The van der Waals surface area contributed by atoms with Gasteiger partial charge in [0.15, 0.2) is 4.80 Å². The van der Waals surface area contributed by atoms with Gasteiger partial charge >= 0.3 is 5.97 Å². The van der Waals surface area contributed by atoms with E-state index < -0.39 is 12.0 Å². The molecule has 4 rings (SSSR count). The number of ether oxygens (including phenoxy) is 1. The summed E-state index contributed by atoms with van der Waals surface area (Å²) in [5, 5.41) is 0. The first-order valence-electron chi connectivity index (χ1n) is 10.4. The van der Waals surface area contributed by atoms with E-state index in [9.17, 15) is 9.59 Å². The molecule has 5 nitrogen and oxygen atoms in total. The molecule has 3 aromatic rings. The van der Waals surface area contributed by atoms with Gasteiger partial charge in [0.25, 0.3) is 5.56 Å². The molecule has 2 heterocycles. The third-order valence-corrected chi connectivity index (χ3v) is 8.14. The van der Waals surface area contributed by atoms with Crippen molar-refractivity contribution >= 4 is 55.2 Å². The number of hydrogen-bond acceptors (Lipinski definition) is 5. The minimum Gasteiger partial charge on any atom is -0.463 e. The molecule has 0 unspecified atom stereocenters. The molecule has 2 aromatic carbocycles. The third-order valence-electron chi connectivity index (χ3n) is 5.51. The molecule has 33 heavy (non-hydrogen) atoms. The fourth-order valence-electron chi connectivity index (χ4n) is 3.76. The SMILES string of the molecule is CCOC(=O)C1=C(C)N=c2s/c(=C\c3cc(Br)c(C)c(Br)c3)c(=O)n2[C@@H]1c1ccc(C)cc1. The zero-order chi connectivity index (χ0) is 23.9. The number of hydrogen-bond donors (Lipinski definition) is 0. The lowest BCUT2D eigenvalue weighted by molar-refractivity contribution is -0.139. The van der Waals surface area contributed by atoms with Crippen LogP contribution in [0.3, 0.4) is 0 Å². The van der Waals surface area contributed by atoms with E-state index in [1.54, 1.807) is 18.4 Å². The summed E-state index contributed by atoms with van der Waals surface area (Å²) in [6, 6.07) is 11.2. The van der Waals surface area contributed by atoms with Crippen molar-refractivity contribution in [2.24, 2.45) is 4.99 Å². The number of aryl methyl sites for hydroxylation is 1. The number of thiazole rings is 1. The van der Waals surface area contributed by atoms with Gasteiger partial charge in [-0.1, -0.05) is 73.0 Å². The third kappa shape index (κ3) is 4.56. The Morgan fingerprint density at radius 1 is 1.15 bits per heavy atom. The predicted molar refractivity (Wildman–Crippen MR) is 138 cm³/mol. The lowest BCUT2D eigenvalue weighted by Crippen LogP contribution is -2.39. The van der Waals surface area contributed by atoms with Crippen LogP contribution in [0.15, 0.2) is 66.4 Å². The van der Waals surface area contributed by atoms with Gasteiger partial charge in [0.05, 0.1) is 28.5 Å². The van der Waals surface area contributed by atoms with Crippen LogP contribution in [-0.2, 0) is 9.53 Å². The number of benzene rings is 2. The monoisotopic (exact) mass is 588 g/mol. The zero-order valence-corrected chi connectivity index (χ0v) is 22.6. The van der Waals surface area contributed by atoms with E-state index >= 15 is 0 Å². The smallest absolute Gasteiger partial charge is 0.338 e. The summed E-state index contributed by atoms with van der Waals surface area (Å²) in [6.07, 6.45) is 1.86. The summed E-state index contributed by atoms with van der Waals surface area (Å²) in [6.45, 7) is 7.81. The number of halogens is 2. The van der Waals surface area contributed by atoms with Crippen LogP contribution in [0.25, 0.3) is 6.08 Å². The topological polar surface area (TPSA) is 60.7 Å². The van der Waals surface area contributed by atoms with Crippen molar-refractivity contribution in [3.8, 4) is 0 Å². The van der Waals surface area contributed by atoms with Gasteiger partial charge < -0.3 is 4.74 Å². The summed E-state index contributed by atoms with van der Waals surface area (Å²) in [7, 11) is 0. The maximum absolute atomic E-state index is 13.6. The van der Waals surface area contributed by atoms with Crippen LogP contribution >= 0.6 is 43.2 Å². The Hall–Kier alpha value is -2.29. The highest BCUT2D eigenvalue weighted by atomic mass is 79.9. The molecule has 1 aromatic heterocycles. The van der Waals surface area contributed by atoms with E-state index in [2.05, 4.69) is 36.9 Å². The first-order chi connectivity index (χ1) is 15.7. The lowest BCUT2D eigenvalue weighted by atomic mass is 9.95. The van der Waals surface area contributed by atoms with E-state index in [0.717, 1.165) is 31.2 Å². The Kier molecular flexibility index (Phi) is 6.88. The molecule has 0 fully saturated rings. The van der Waals surface area contributed by atoms with Crippen LogP contribution < -0.4 is 14.9 Å². The standard InChI is InChI=1S/C25H22Br2N2O3S/c1-5-32-24(31)21-15(4)28-25-29(22(21)17-8-6-13(2)7-9-17)23(30)20(33-25)12-16-10-18(26)14(3)19(27)11-16/h6-12,22H,5H2,1-4H3/b20-12-/t22-/m1/s1. The van der Waals surface area contributed by atoms with Gasteiger partial charge in [-0.2, -0.15) is 0 Å². The Morgan fingerprint density at radius 2 is 1.79 bits per heavy atom. The summed E-state index contributed by atoms with van der Waals surface area (Å²) < 4.78 is 9.40. The van der Waals surface area contributed by atoms with Gasteiger partial charge in [0, 0.05) is 8.95 Å². The number of fused-ring (bicyclic) bond motifs is 1. The van der Waals surface area contributed by atoms with Crippen molar-refractivity contribution < 1.29 is 9.53 Å². The van der Waals surface area contributed by atoms with E-state index in [1.807, 2.05) is 56.3 Å². The molecular formula is C25H22Br2N2O3S. The van der Waals surface area contributed by atoms with Gasteiger partial charge in [-0.25, -0.2) is 9.79 Å². The van der Waals surface area contributed by atoms with Crippen LogP contribution in [0.1, 0.15) is 42.1 Å². The highest BCUT2D eigenvalue weighted by Gasteiger charge is 2.33. The van der Waals surface area contributed by atoms with Crippen LogP contribution in [0.4, 0.5) is 0 Å². The number of nitrogens with zero attached hydrogens (tertiary/aromatic N) is 2. The molecule has 0 saturated heterocycles. The molecule has 0 spiro atoms. The Labute approximate surface area is 212 Å². The van der Waals surface area contributed by atoms with E-state index in [4.69, 9.17) is 4.74 Å².